The molecule has 10 heavy (non-hydrogen) atoms. The minimum atomic E-state index is -1.13. The molecule has 5 heteroatoms. The monoisotopic (exact) mass is 154 g/mol. The fourth-order valence-corrected chi connectivity index (χ4v) is 0.446. The van der Waals surface area contributed by atoms with E-state index in [0.717, 1.165) is 0 Å². The number of aliphatic hydroxyl groups is 4. The van der Waals surface area contributed by atoms with Crippen LogP contribution in [0, 0.1) is 0 Å². The summed E-state index contributed by atoms with van der Waals surface area (Å²) < 4.78 is 0. The average Bonchev–Trinajstić information content (AvgIpc) is 1.87. The van der Waals surface area contributed by atoms with Gasteiger partial charge in [0.15, 0.2) is 0 Å². The number of hydrogen-bond donors (Lipinski definition) is 4. The largest absolute Gasteiger partial charge is 0.412 e. The maximum absolute atomic E-state index is 8.75. The van der Waals surface area contributed by atoms with E-state index in [-0.39, 0.29) is 18.5 Å². The zero-order chi connectivity index (χ0) is 7.28. The molecule has 0 saturated heterocycles. The Hall–Kier alpha value is -0.200. The maximum Gasteiger partial charge on any atom is 0.103 e. The third-order valence-electron chi connectivity index (χ3n) is 1.06. The molecule has 0 radical (unpaired) electrons. The first-order chi connectivity index (χ1) is 4.22. The number of rotatable bonds is 4. The maximum atomic E-state index is 8.75. The van der Waals surface area contributed by atoms with Crippen LogP contribution in [-0.2, 0) is 0 Å². The van der Waals surface area contributed by atoms with Crippen molar-refractivity contribution in [3.63, 3.8) is 0 Å². The Kier molecular flexibility index (Phi) is 8.62. The minimum absolute atomic E-state index is 0. The zero-order valence-electron chi connectivity index (χ0n) is 5.56. The molecule has 0 aromatic rings. The van der Waals surface area contributed by atoms with Crippen LogP contribution in [0.15, 0.2) is 0 Å². The van der Waals surface area contributed by atoms with Crippen molar-refractivity contribution in [1.29, 1.82) is 0 Å². The van der Waals surface area contributed by atoms with Crippen LogP contribution in [0.4, 0.5) is 0 Å². The molecule has 6 N–H and O–H groups in total. The van der Waals surface area contributed by atoms with E-state index in [9.17, 15) is 0 Å². The quantitative estimate of drug-likeness (QED) is 0.352. The van der Waals surface area contributed by atoms with E-state index in [4.69, 9.17) is 20.4 Å². The summed E-state index contributed by atoms with van der Waals surface area (Å²) in [5.74, 6) is 0. The molecule has 0 heterocycles. The highest BCUT2D eigenvalue weighted by Gasteiger charge is 2.13. The molecule has 0 aliphatic carbocycles. The van der Waals surface area contributed by atoms with E-state index in [1.165, 1.54) is 0 Å². The molecule has 0 saturated carbocycles. The van der Waals surface area contributed by atoms with Gasteiger partial charge in [0.05, 0.1) is 12.7 Å². The first-order valence-corrected chi connectivity index (χ1v) is 2.80. The number of hydrogen-bond acceptors (Lipinski definition) is 4. The molecule has 5 nitrogen and oxygen atoms in total. The third kappa shape index (κ3) is 4.66. The molecule has 0 aromatic carbocycles. The van der Waals surface area contributed by atoms with Crippen LogP contribution in [0.1, 0.15) is 6.42 Å². The predicted molar refractivity (Wildman–Crippen MR) is 34.4 cm³/mol. The first-order valence-electron chi connectivity index (χ1n) is 2.80. The van der Waals surface area contributed by atoms with Crippen molar-refractivity contribution >= 4 is 0 Å². The Bertz CT molecular complexity index is 67.1. The van der Waals surface area contributed by atoms with E-state index in [1.807, 2.05) is 0 Å². The lowest BCUT2D eigenvalue weighted by Gasteiger charge is -2.12. The highest BCUT2D eigenvalue weighted by Crippen LogP contribution is 1.95. The summed E-state index contributed by atoms with van der Waals surface area (Å²) in [5, 5.41) is 33.9. The Morgan fingerprint density at radius 2 is 1.50 bits per heavy atom. The molecule has 0 bridgehead atoms. The second-order valence-electron chi connectivity index (χ2n) is 1.83. The van der Waals surface area contributed by atoms with Gasteiger partial charge in [-0.05, 0) is 6.42 Å². The lowest BCUT2D eigenvalue weighted by Crippen LogP contribution is -2.29. The third-order valence-corrected chi connectivity index (χ3v) is 1.06. The topological polar surface area (TPSA) is 112 Å². The van der Waals surface area contributed by atoms with E-state index >= 15 is 0 Å². The van der Waals surface area contributed by atoms with Crippen molar-refractivity contribution in [2.75, 3.05) is 13.2 Å². The fourth-order valence-electron chi connectivity index (χ4n) is 0.446. The molecule has 0 aliphatic heterocycles. The van der Waals surface area contributed by atoms with Gasteiger partial charge in [0.1, 0.15) is 6.10 Å². The molecule has 0 amide bonds. The molecule has 2 atom stereocenters. The summed E-state index contributed by atoms with van der Waals surface area (Å²) in [6.07, 6.45) is -2.04. The van der Waals surface area contributed by atoms with Gasteiger partial charge in [-0.3, -0.25) is 0 Å². The van der Waals surface area contributed by atoms with Crippen molar-refractivity contribution < 1.29 is 25.9 Å². The van der Waals surface area contributed by atoms with Gasteiger partial charge >= 0.3 is 0 Å². The van der Waals surface area contributed by atoms with Crippen molar-refractivity contribution in [2.24, 2.45) is 0 Å². The van der Waals surface area contributed by atoms with Crippen LogP contribution in [0.25, 0.3) is 0 Å². The van der Waals surface area contributed by atoms with Gasteiger partial charge in [-0.25, -0.2) is 0 Å². The second kappa shape index (κ2) is 6.91. The van der Waals surface area contributed by atoms with Crippen LogP contribution in [-0.4, -0.2) is 51.3 Å². The van der Waals surface area contributed by atoms with Crippen molar-refractivity contribution in [3.05, 3.63) is 0 Å². The van der Waals surface area contributed by atoms with Crippen LogP contribution >= 0.6 is 0 Å². The summed E-state index contributed by atoms with van der Waals surface area (Å²) in [5.41, 5.74) is 0. The lowest BCUT2D eigenvalue weighted by atomic mass is 10.1. The molecule has 0 aliphatic rings. The Labute approximate surface area is 58.9 Å². The molecule has 0 unspecified atom stereocenters. The van der Waals surface area contributed by atoms with Gasteiger partial charge in [-0.15, -0.1) is 0 Å². The van der Waals surface area contributed by atoms with E-state index in [0.29, 0.717) is 0 Å². The lowest BCUT2D eigenvalue weighted by molar-refractivity contribution is -0.0238. The highest BCUT2D eigenvalue weighted by molar-refractivity contribution is 4.64. The number of aliphatic hydroxyl groups excluding tert-OH is 4. The predicted octanol–water partition coefficient (Wildman–Crippen LogP) is -2.74. The molecule has 0 fully saturated rings. The van der Waals surface area contributed by atoms with Gasteiger partial charge in [-0.2, -0.15) is 0 Å². The smallest absolute Gasteiger partial charge is 0.103 e. The molecule has 0 rings (SSSR count). The fraction of sp³-hybridized carbons (Fsp3) is 1.00. The highest BCUT2D eigenvalue weighted by atomic mass is 16.4. The van der Waals surface area contributed by atoms with E-state index < -0.39 is 18.8 Å². The molecule has 0 aromatic heterocycles. The van der Waals surface area contributed by atoms with E-state index in [1.54, 1.807) is 0 Å². The Balaban J connectivity index is 0. The average molecular weight is 154 g/mol. The summed E-state index contributed by atoms with van der Waals surface area (Å²) >= 11 is 0. The molecular weight excluding hydrogens is 140 g/mol. The van der Waals surface area contributed by atoms with Gasteiger partial charge in [0.2, 0.25) is 0 Å². The van der Waals surface area contributed by atoms with Crippen molar-refractivity contribution in [2.45, 2.75) is 18.6 Å². The first kappa shape index (κ1) is 12.5. The van der Waals surface area contributed by atoms with Gasteiger partial charge in [0.25, 0.3) is 0 Å². The summed E-state index contributed by atoms with van der Waals surface area (Å²) in [6.45, 7) is -0.653. The molecular formula is C5H14O5. The summed E-state index contributed by atoms with van der Waals surface area (Å²) in [7, 11) is 0. The van der Waals surface area contributed by atoms with Crippen molar-refractivity contribution in [1.82, 2.24) is 0 Å². The summed E-state index contributed by atoms with van der Waals surface area (Å²) in [4.78, 5) is 0. The van der Waals surface area contributed by atoms with Crippen LogP contribution in [0.2, 0.25) is 0 Å². The van der Waals surface area contributed by atoms with Crippen molar-refractivity contribution in [3.8, 4) is 0 Å². The summed E-state index contributed by atoms with van der Waals surface area (Å²) in [6, 6.07) is 0. The normalized spacial score (nSPS) is 15.6. The Morgan fingerprint density at radius 3 is 1.80 bits per heavy atom. The minimum Gasteiger partial charge on any atom is -0.412 e. The Morgan fingerprint density at radius 1 is 1.00 bits per heavy atom. The van der Waals surface area contributed by atoms with Crippen LogP contribution in [0.5, 0.6) is 0 Å². The SMILES string of the molecule is O.OCC[C@H](O)[C@H](O)CO. The van der Waals surface area contributed by atoms with Gasteiger partial charge in [-0.1, -0.05) is 0 Å². The van der Waals surface area contributed by atoms with Crippen LogP contribution in [0.3, 0.4) is 0 Å². The van der Waals surface area contributed by atoms with Crippen LogP contribution < -0.4 is 0 Å². The van der Waals surface area contributed by atoms with Gasteiger partial charge in [0, 0.05) is 6.61 Å². The molecule has 0 spiro atoms. The molecule has 64 valence electrons. The standard InChI is InChI=1S/C5H12O4.H2O/c6-2-1-4(8)5(9)3-7;/h4-9H,1-3H2;1H2/t4-,5+;/m0./s1. The second-order valence-corrected chi connectivity index (χ2v) is 1.83. The zero-order valence-corrected chi connectivity index (χ0v) is 5.56. The van der Waals surface area contributed by atoms with E-state index in [2.05, 4.69) is 0 Å². The van der Waals surface area contributed by atoms with Gasteiger partial charge < -0.3 is 25.9 Å².